The molecule has 0 saturated carbocycles. The summed E-state index contributed by atoms with van der Waals surface area (Å²) in [6.45, 7) is 4.56. The van der Waals surface area contributed by atoms with E-state index in [4.69, 9.17) is 0 Å². The molecule has 1 saturated heterocycles. The number of rotatable bonds is 3. The first-order valence-corrected chi connectivity index (χ1v) is 9.67. The van der Waals surface area contributed by atoms with Crippen LogP contribution in [-0.4, -0.2) is 46.0 Å². The summed E-state index contributed by atoms with van der Waals surface area (Å²) in [5, 5.41) is 2.80. The molecule has 1 N–H and O–H groups in total. The highest BCUT2D eigenvalue weighted by molar-refractivity contribution is 7.89. The van der Waals surface area contributed by atoms with Crippen LogP contribution in [0.4, 0.5) is 0 Å². The molecule has 4 rings (SSSR count). The van der Waals surface area contributed by atoms with Gasteiger partial charge in [0.1, 0.15) is 5.65 Å². The first-order chi connectivity index (χ1) is 11.5. The smallest absolute Gasteiger partial charge is 0.216 e. The molecule has 126 valence electrons. The molecular weight excluding hydrogens is 324 g/mol. The van der Waals surface area contributed by atoms with Crippen LogP contribution in [-0.2, 0) is 10.0 Å². The number of H-pyrrole nitrogens is 1. The second kappa shape index (κ2) is 5.53. The van der Waals surface area contributed by atoms with Crippen molar-refractivity contribution in [3.8, 4) is 0 Å². The fourth-order valence-electron chi connectivity index (χ4n) is 3.53. The molecule has 1 fully saturated rings. The summed E-state index contributed by atoms with van der Waals surface area (Å²) in [5.41, 5.74) is 1.96. The number of aromatic amines is 1. The normalized spacial score (nSPS) is 19.7. The van der Waals surface area contributed by atoms with E-state index in [0.29, 0.717) is 13.1 Å². The summed E-state index contributed by atoms with van der Waals surface area (Å²) >= 11 is 0. The highest BCUT2D eigenvalue weighted by atomic mass is 32.2. The van der Waals surface area contributed by atoms with E-state index >= 15 is 0 Å². The number of hydrogen-bond donors (Lipinski definition) is 1. The SMILES string of the molecule is CC(C)S(=O)(=O)N1CCC(c2cncc3cnc4[nH]ccc4c23)C1. The Hall–Kier alpha value is -1.99. The van der Waals surface area contributed by atoms with Gasteiger partial charge in [0.05, 0.1) is 5.25 Å². The minimum atomic E-state index is -3.21. The van der Waals surface area contributed by atoms with E-state index in [9.17, 15) is 8.42 Å². The lowest BCUT2D eigenvalue weighted by molar-refractivity contribution is 0.465. The van der Waals surface area contributed by atoms with Crippen LogP contribution in [0.15, 0.2) is 30.9 Å². The van der Waals surface area contributed by atoms with Crippen LogP contribution in [0.1, 0.15) is 31.7 Å². The minimum Gasteiger partial charge on any atom is -0.346 e. The number of nitrogens with one attached hydrogen (secondary N) is 1. The van der Waals surface area contributed by atoms with Gasteiger partial charge in [-0.1, -0.05) is 0 Å². The summed E-state index contributed by atoms with van der Waals surface area (Å²) in [5.74, 6) is 0.162. The third-order valence-electron chi connectivity index (χ3n) is 4.88. The number of aromatic nitrogens is 3. The number of pyridine rings is 2. The highest BCUT2D eigenvalue weighted by Gasteiger charge is 2.34. The summed E-state index contributed by atoms with van der Waals surface area (Å²) in [6.07, 6.45) is 8.22. The maximum atomic E-state index is 12.4. The van der Waals surface area contributed by atoms with E-state index in [0.717, 1.165) is 33.8 Å². The fourth-order valence-corrected chi connectivity index (χ4v) is 4.87. The molecule has 7 heteroatoms. The molecule has 1 aliphatic heterocycles. The van der Waals surface area contributed by atoms with Gasteiger partial charge in [0.15, 0.2) is 0 Å². The van der Waals surface area contributed by atoms with E-state index in [1.807, 2.05) is 30.9 Å². The van der Waals surface area contributed by atoms with Crippen LogP contribution >= 0.6 is 0 Å². The molecule has 1 unspecified atom stereocenters. The van der Waals surface area contributed by atoms with E-state index in [1.54, 1.807) is 18.2 Å². The average molecular weight is 344 g/mol. The molecule has 1 atom stereocenters. The zero-order chi connectivity index (χ0) is 16.9. The van der Waals surface area contributed by atoms with Crippen molar-refractivity contribution in [3.05, 3.63) is 36.4 Å². The van der Waals surface area contributed by atoms with Gasteiger partial charge in [0.2, 0.25) is 10.0 Å². The van der Waals surface area contributed by atoms with Gasteiger partial charge < -0.3 is 4.98 Å². The lowest BCUT2D eigenvalue weighted by Gasteiger charge is -2.19. The molecule has 24 heavy (non-hydrogen) atoms. The fraction of sp³-hybridized carbons (Fsp3) is 0.412. The largest absolute Gasteiger partial charge is 0.346 e. The number of hydrogen-bond acceptors (Lipinski definition) is 4. The standard InChI is InChI=1S/C17H20N4O2S/c1-11(2)24(22,23)21-6-4-12(10-21)15-9-18-7-13-8-20-17-14(16(13)15)3-5-19-17/h3,5,7-9,11-12H,4,6,10H2,1-2H3,(H,19,20). The Bertz CT molecular complexity index is 1010. The molecule has 1 aliphatic rings. The maximum absolute atomic E-state index is 12.4. The molecule has 4 heterocycles. The molecule has 6 nitrogen and oxygen atoms in total. The van der Waals surface area contributed by atoms with E-state index in [-0.39, 0.29) is 11.2 Å². The Morgan fingerprint density at radius 2 is 2.12 bits per heavy atom. The molecular formula is C17H20N4O2S. The molecule has 3 aromatic heterocycles. The van der Waals surface area contributed by atoms with Crippen LogP contribution in [0.2, 0.25) is 0 Å². The number of fused-ring (bicyclic) bond motifs is 3. The third-order valence-corrected chi connectivity index (χ3v) is 7.12. The van der Waals surface area contributed by atoms with Crippen molar-refractivity contribution >= 4 is 31.8 Å². The second-order valence-electron chi connectivity index (χ2n) is 6.63. The van der Waals surface area contributed by atoms with Crippen molar-refractivity contribution in [2.24, 2.45) is 0 Å². The van der Waals surface area contributed by atoms with Crippen LogP contribution in [0.25, 0.3) is 21.8 Å². The molecule has 0 amide bonds. The van der Waals surface area contributed by atoms with Gasteiger partial charge in [-0.3, -0.25) is 4.98 Å². The third kappa shape index (κ3) is 2.31. The highest BCUT2D eigenvalue weighted by Crippen LogP contribution is 2.36. The first kappa shape index (κ1) is 15.5. The second-order valence-corrected chi connectivity index (χ2v) is 9.12. The van der Waals surface area contributed by atoms with Crippen molar-refractivity contribution in [3.63, 3.8) is 0 Å². The van der Waals surface area contributed by atoms with Gasteiger partial charge in [-0.25, -0.2) is 17.7 Å². The Balaban J connectivity index is 1.79. The quantitative estimate of drug-likeness (QED) is 0.792. The zero-order valence-corrected chi connectivity index (χ0v) is 14.5. The Morgan fingerprint density at radius 1 is 1.29 bits per heavy atom. The van der Waals surface area contributed by atoms with E-state index in [2.05, 4.69) is 15.0 Å². The summed E-state index contributed by atoms with van der Waals surface area (Å²) in [4.78, 5) is 11.9. The lowest BCUT2D eigenvalue weighted by atomic mass is 9.94. The minimum absolute atomic E-state index is 0.162. The van der Waals surface area contributed by atoms with Crippen LogP contribution in [0.5, 0.6) is 0 Å². The average Bonchev–Trinajstić information content (AvgIpc) is 3.23. The monoisotopic (exact) mass is 344 g/mol. The first-order valence-electron chi connectivity index (χ1n) is 8.17. The summed E-state index contributed by atoms with van der Waals surface area (Å²) in [6, 6.07) is 2.02. The number of sulfonamides is 1. The van der Waals surface area contributed by atoms with Gasteiger partial charge in [-0.15, -0.1) is 0 Å². The lowest BCUT2D eigenvalue weighted by Crippen LogP contribution is -2.34. The Kier molecular flexibility index (Phi) is 3.58. The molecule has 0 spiro atoms. The van der Waals surface area contributed by atoms with E-state index < -0.39 is 10.0 Å². The van der Waals surface area contributed by atoms with Crippen LogP contribution in [0, 0.1) is 0 Å². The van der Waals surface area contributed by atoms with Crippen molar-refractivity contribution in [2.75, 3.05) is 13.1 Å². The maximum Gasteiger partial charge on any atom is 0.216 e. The van der Waals surface area contributed by atoms with Crippen LogP contribution in [0.3, 0.4) is 0 Å². The topological polar surface area (TPSA) is 79.0 Å². The molecule has 0 bridgehead atoms. The van der Waals surface area contributed by atoms with Gasteiger partial charge in [-0.05, 0) is 31.9 Å². The summed E-state index contributed by atoms with van der Waals surface area (Å²) < 4.78 is 26.5. The molecule has 0 radical (unpaired) electrons. The van der Waals surface area contributed by atoms with Crippen molar-refractivity contribution < 1.29 is 8.42 Å². The van der Waals surface area contributed by atoms with Crippen molar-refractivity contribution in [1.82, 2.24) is 19.3 Å². The van der Waals surface area contributed by atoms with Gasteiger partial charge >= 0.3 is 0 Å². The van der Waals surface area contributed by atoms with Crippen molar-refractivity contribution in [2.45, 2.75) is 31.4 Å². The number of nitrogens with zero attached hydrogens (tertiary/aromatic N) is 3. The van der Waals surface area contributed by atoms with Gasteiger partial charge in [0.25, 0.3) is 0 Å². The summed E-state index contributed by atoms with van der Waals surface area (Å²) in [7, 11) is -3.21. The Morgan fingerprint density at radius 3 is 2.92 bits per heavy atom. The van der Waals surface area contributed by atoms with Gasteiger partial charge in [0, 0.05) is 60.0 Å². The van der Waals surface area contributed by atoms with Crippen LogP contribution < -0.4 is 0 Å². The molecule has 0 aliphatic carbocycles. The van der Waals surface area contributed by atoms with Gasteiger partial charge in [-0.2, -0.15) is 0 Å². The Labute approximate surface area is 141 Å². The predicted molar refractivity (Wildman–Crippen MR) is 94.4 cm³/mol. The molecule has 3 aromatic rings. The zero-order valence-electron chi connectivity index (χ0n) is 13.7. The van der Waals surface area contributed by atoms with E-state index in [1.165, 1.54) is 0 Å². The van der Waals surface area contributed by atoms with Crippen molar-refractivity contribution in [1.29, 1.82) is 0 Å². The molecule has 0 aromatic carbocycles. The predicted octanol–water partition coefficient (Wildman–Crippen LogP) is 2.64.